The van der Waals surface area contributed by atoms with Gasteiger partial charge in [-0.1, -0.05) is 25.1 Å². The minimum absolute atomic E-state index is 0.136. The Morgan fingerprint density at radius 3 is 2.55 bits per heavy atom. The highest BCUT2D eigenvalue weighted by Crippen LogP contribution is 2.36. The van der Waals surface area contributed by atoms with E-state index in [9.17, 15) is 4.79 Å². The number of carbonyl (C=O) groups excluding carboxylic acids is 1. The molecular formula is C17H23NO2. The van der Waals surface area contributed by atoms with Gasteiger partial charge in [0.15, 0.2) is 0 Å². The van der Waals surface area contributed by atoms with Crippen LogP contribution in [0.5, 0.6) is 0 Å². The Kier molecular flexibility index (Phi) is 4.83. The summed E-state index contributed by atoms with van der Waals surface area (Å²) in [6.07, 6.45) is 3.97. The number of nitrogens with one attached hydrogen (secondary N) is 1. The summed E-state index contributed by atoms with van der Waals surface area (Å²) < 4.78 is 4.96. The molecule has 0 unspecified atom stereocenters. The zero-order valence-electron chi connectivity index (χ0n) is 12.3. The van der Waals surface area contributed by atoms with E-state index in [2.05, 4.69) is 36.2 Å². The van der Waals surface area contributed by atoms with Crippen LogP contribution in [-0.2, 0) is 9.53 Å². The number of esters is 1. The van der Waals surface area contributed by atoms with Gasteiger partial charge in [-0.15, -0.1) is 0 Å². The summed E-state index contributed by atoms with van der Waals surface area (Å²) in [6, 6.07) is 8.35. The smallest absolute Gasteiger partial charge is 0.335 e. The Morgan fingerprint density at radius 2 is 2.05 bits per heavy atom. The third kappa shape index (κ3) is 3.41. The number of benzene rings is 1. The minimum Gasteiger partial charge on any atom is -0.463 e. The van der Waals surface area contributed by atoms with Crippen molar-refractivity contribution < 1.29 is 9.53 Å². The summed E-state index contributed by atoms with van der Waals surface area (Å²) in [5.74, 6) is 0.412. The topological polar surface area (TPSA) is 38.3 Å². The first-order valence-corrected chi connectivity index (χ1v) is 7.34. The lowest BCUT2D eigenvalue weighted by Crippen LogP contribution is -2.24. The Balaban J connectivity index is 1.91. The molecule has 3 heteroatoms. The molecule has 1 aromatic rings. The molecule has 1 atom stereocenters. The molecule has 20 heavy (non-hydrogen) atoms. The Labute approximate surface area is 121 Å². The molecule has 0 aromatic heterocycles. The van der Waals surface area contributed by atoms with Crippen LogP contribution in [0.15, 0.2) is 36.4 Å². The lowest BCUT2D eigenvalue weighted by atomic mass is 9.80. The molecule has 2 rings (SSSR count). The average Bonchev–Trinajstić information content (AvgIpc) is 2.38. The standard InChI is InChI=1S/C17H23NO2/c1-4-20-17(19)12(2)13(3)18-16-10-8-15(9-11-16)14-6-5-7-14/h8-11,13-14,18H,2,4-7H2,1,3H3/t13-/m0/s1. The van der Waals surface area contributed by atoms with Gasteiger partial charge in [-0.3, -0.25) is 0 Å². The number of ether oxygens (including phenoxy) is 1. The van der Waals surface area contributed by atoms with Crippen molar-refractivity contribution in [2.24, 2.45) is 0 Å². The van der Waals surface area contributed by atoms with Gasteiger partial charge in [0.2, 0.25) is 0 Å². The molecule has 1 saturated carbocycles. The van der Waals surface area contributed by atoms with Crippen molar-refractivity contribution in [3.63, 3.8) is 0 Å². The monoisotopic (exact) mass is 273 g/mol. The second kappa shape index (κ2) is 6.60. The minimum atomic E-state index is -0.335. The fraction of sp³-hybridized carbons (Fsp3) is 0.471. The molecule has 0 saturated heterocycles. The van der Waals surface area contributed by atoms with Crippen LogP contribution in [0.1, 0.15) is 44.6 Å². The zero-order valence-corrected chi connectivity index (χ0v) is 12.3. The molecule has 0 spiro atoms. The number of carbonyl (C=O) groups is 1. The summed E-state index contributed by atoms with van der Waals surface area (Å²) in [6.45, 7) is 7.89. The van der Waals surface area contributed by atoms with E-state index in [-0.39, 0.29) is 12.0 Å². The maximum atomic E-state index is 11.6. The highest BCUT2D eigenvalue weighted by molar-refractivity contribution is 5.89. The van der Waals surface area contributed by atoms with E-state index in [4.69, 9.17) is 4.74 Å². The molecule has 3 nitrogen and oxygen atoms in total. The molecule has 0 heterocycles. The van der Waals surface area contributed by atoms with Crippen LogP contribution in [-0.4, -0.2) is 18.6 Å². The maximum absolute atomic E-state index is 11.6. The summed E-state index contributed by atoms with van der Waals surface area (Å²) in [5, 5.41) is 3.28. The highest BCUT2D eigenvalue weighted by atomic mass is 16.5. The summed E-state index contributed by atoms with van der Waals surface area (Å²) in [7, 11) is 0. The fourth-order valence-corrected chi connectivity index (χ4v) is 2.33. The fourth-order valence-electron chi connectivity index (χ4n) is 2.33. The number of anilines is 1. The molecule has 1 aliphatic rings. The second-order valence-corrected chi connectivity index (χ2v) is 5.36. The van der Waals surface area contributed by atoms with Gasteiger partial charge in [0.25, 0.3) is 0 Å². The van der Waals surface area contributed by atoms with E-state index in [0.717, 1.165) is 11.6 Å². The Morgan fingerprint density at radius 1 is 1.40 bits per heavy atom. The van der Waals surface area contributed by atoms with Crippen molar-refractivity contribution in [3.05, 3.63) is 42.0 Å². The predicted octanol–water partition coefficient (Wildman–Crippen LogP) is 3.87. The van der Waals surface area contributed by atoms with E-state index in [0.29, 0.717) is 12.2 Å². The first kappa shape index (κ1) is 14.6. The number of hydrogen-bond acceptors (Lipinski definition) is 3. The van der Waals surface area contributed by atoms with E-state index in [1.165, 1.54) is 24.8 Å². The second-order valence-electron chi connectivity index (χ2n) is 5.36. The Hall–Kier alpha value is -1.77. The van der Waals surface area contributed by atoms with Gasteiger partial charge < -0.3 is 10.1 Å². The molecule has 0 bridgehead atoms. The molecule has 1 aliphatic carbocycles. The van der Waals surface area contributed by atoms with Crippen molar-refractivity contribution in [3.8, 4) is 0 Å². The molecule has 1 N–H and O–H groups in total. The lowest BCUT2D eigenvalue weighted by Gasteiger charge is -2.26. The van der Waals surface area contributed by atoms with Crippen LogP contribution in [0.4, 0.5) is 5.69 Å². The Bertz CT molecular complexity index is 474. The molecule has 1 fully saturated rings. The normalized spacial score (nSPS) is 16.1. The third-order valence-electron chi connectivity index (χ3n) is 3.93. The van der Waals surface area contributed by atoms with Crippen LogP contribution >= 0.6 is 0 Å². The number of rotatable bonds is 6. The molecule has 0 aliphatic heterocycles. The summed E-state index contributed by atoms with van der Waals surface area (Å²) in [5.41, 5.74) is 2.87. The van der Waals surface area contributed by atoms with E-state index in [1.807, 2.05) is 6.92 Å². The predicted molar refractivity (Wildman–Crippen MR) is 81.9 cm³/mol. The van der Waals surface area contributed by atoms with Gasteiger partial charge in [-0.25, -0.2) is 4.79 Å². The first-order chi connectivity index (χ1) is 9.61. The van der Waals surface area contributed by atoms with Gasteiger partial charge in [0.05, 0.1) is 18.2 Å². The van der Waals surface area contributed by atoms with Crippen molar-refractivity contribution in [1.82, 2.24) is 0 Å². The molecule has 0 amide bonds. The van der Waals surface area contributed by atoms with Gasteiger partial charge in [0, 0.05) is 5.69 Å². The third-order valence-corrected chi connectivity index (χ3v) is 3.93. The largest absolute Gasteiger partial charge is 0.463 e. The molecule has 0 radical (unpaired) electrons. The van der Waals surface area contributed by atoms with Crippen LogP contribution in [0, 0.1) is 0 Å². The van der Waals surface area contributed by atoms with Gasteiger partial charge in [0.1, 0.15) is 0 Å². The van der Waals surface area contributed by atoms with Crippen LogP contribution < -0.4 is 5.32 Å². The van der Waals surface area contributed by atoms with Crippen molar-refractivity contribution in [2.45, 2.75) is 45.1 Å². The quantitative estimate of drug-likeness (QED) is 0.631. The van der Waals surface area contributed by atoms with Crippen LogP contribution in [0.25, 0.3) is 0 Å². The molecule has 1 aromatic carbocycles. The number of hydrogen-bond donors (Lipinski definition) is 1. The van der Waals surface area contributed by atoms with Crippen molar-refractivity contribution >= 4 is 11.7 Å². The highest BCUT2D eigenvalue weighted by Gasteiger charge is 2.19. The van der Waals surface area contributed by atoms with E-state index >= 15 is 0 Å². The van der Waals surface area contributed by atoms with Crippen molar-refractivity contribution in [1.29, 1.82) is 0 Å². The van der Waals surface area contributed by atoms with Gasteiger partial charge in [-0.2, -0.15) is 0 Å². The zero-order chi connectivity index (χ0) is 14.5. The maximum Gasteiger partial charge on any atom is 0.335 e. The first-order valence-electron chi connectivity index (χ1n) is 7.34. The van der Waals surface area contributed by atoms with E-state index in [1.54, 1.807) is 6.92 Å². The van der Waals surface area contributed by atoms with Crippen molar-refractivity contribution in [2.75, 3.05) is 11.9 Å². The molecule has 108 valence electrons. The lowest BCUT2D eigenvalue weighted by molar-refractivity contribution is -0.138. The molecular weight excluding hydrogens is 250 g/mol. The van der Waals surface area contributed by atoms with Crippen LogP contribution in [0.3, 0.4) is 0 Å². The van der Waals surface area contributed by atoms with Gasteiger partial charge in [-0.05, 0) is 50.3 Å². The SMILES string of the molecule is C=C(C(=O)OCC)[C@H](C)Nc1ccc(C2CCC2)cc1. The van der Waals surface area contributed by atoms with Crippen LogP contribution in [0.2, 0.25) is 0 Å². The van der Waals surface area contributed by atoms with Gasteiger partial charge >= 0.3 is 5.97 Å². The average molecular weight is 273 g/mol. The summed E-state index contributed by atoms with van der Waals surface area (Å²) in [4.78, 5) is 11.6. The summed E-state index contributed by atoms with van der Waals surface area (Å²) >= 11 is 0. The van der Waals surface area contributed by atoms with E-state index < -0.39 is 0 Å².